The maximum absolute atomic E-state index is 12.0. The Labute approximate surface area is 89.3 Å². The molecule has 15 heavy (non-hydrogen) atoms. The molecule has 1 aromatic heterocycles. The van der Waals surface area contributed by atoms with Crippen LogP contribution in [0.1, 0.15) is 34.7 Å². The van der Waals surface area contributed by atoms with E-state index in [1.807, 2.05) is 18.7 Å². The molecular weight excluding hydrogens is 190 g/mol. The van der Waals surface area contributed by atoms with Crippen molar-refractivity contribution < 1.29 is 4.79 Å². The highest BCUT2D eigenvalue weighted by Gasteiger charge is 2.21. The zero-order chi connectivity index (χ0) is 10.8. The van der Waals surface area contributed by atoms with E-state index in [2.05, 4.69) is 9.97 Å². The van der Waals surface area contributed by atoms with Crippen molar-refractivity contribution in [3.05, 3.63) is 23.3 Å². The van der Waals surface area contributed by atoms with Crippen LogP contribution in [0, 0.1) is 13.8 Å². The second-order valence-corrected chi connectivity index (χ2v) is 3.92. The lowest BCUT2D eigenvalue weighted by atomic mass is 10.2. The first-order valence-corrected chi connectivity index (χ1v) is 5.28. The summed E-state index contributed by atoms with van der Waals surface area (Å²) in [7, 11) is 0. The average Bonchev–Trinajstić information content (AvgIpc) is 2.69. The third-order valence-electron chi connectivity index (χ3n) is 2.72. The van der Waals surface area contributed by atoms with Gasteiger partial charge in [-0.1, -0.05) is 0 Å². The summed E-state index contributed by atoms with van der Waals surface area (Å²) in [5, 5.41) is 0. The predicted molar refractivity (Wildman–Crippen MR) is 56.6 cm³/mol. The summed E-state index contributed by atoms with van der Waals surface area (Å²) < 4.78 is 0. The van der Waals surface area contributed by atoms with E-state index in [-0.39, 0.29) is 5.91 Å². The fraction of sp³-hybridized carbons (Fsp3) is 0.545. The molecule has 0 saturated carbocycles. The lowest BCUT2D eigenvalue weighted by molar-refractivity contribution is 0.0791. The number of hydrogen-bond donors (Lipinski definition) is 0. The Bertz CT molecular complexity index is 383. The van der Waals surface area contributed by atoms with Gasteiger partial charge in [0.2, 0.25) is 0 Å². The Morgan fingerprint density at radius 2 is 2.00 bits per heavy atom. The summed E-state index contributed by atoms with van der Waals surface area (Å²) in [5.74, 6) is 0.787. The van der Waals surface area contributed by atoms with Gasteiger partial charge in [0.25, 0.3) is 5.91 Å². The van der Waals surface area contributed by atoms with Crippen LogP contribution in [0.2, 0.25) is 0 Å². The molecule has 1 aliphatic rings. The van der Waals surface area contributed by atoms with E-state index in [0.29, 0.717) is 11.4 Å². The lowest BCUT2D eigenvalue weighted by Crippen LogP contribution is -2.28. The Morgan fingerprint density at radius 1 is 1.33 bits per heavy atom. The Morgan fingerprint density at radius 3 is 2.60 bits per heavy atom. The molecule has 0 radical (unpaired) electrons. The van der Waals surface area contributed by atoms with Crippen molar-refractivity contribution in [2.75, 3.05) is 13.1 Å². The van der Waals surface area contributed by atoms with Gasteiger partial charge in [-0.15, -0.1) is 0 Å². The molecule has 1 fully saturated rings. The minimum Gasteiger partial charge on any atom is -0.339 e. The monoisotopic (exact) mass is 205 g/mol. The average molecular weight is 205 g/mol. The highest BCUT2D eigenvalue weighted by atomic mass is 16.2. The zero-order valence-corrected chi connectivity index (χ0v) is 9.16. The first-order chi connectivity index (χ1) is 7.18. The molecule has 4 heteroatoms. The van der Waals surface area contributed by atoms with Gasteiger partial charge < -0.3 is 4.90 Å². The first-order valence-electron chi connectivity index (χ1n) is 5.28. The van der Waals surface area contributed by atoms with Gasteiger partial charge in [-0.05, 0) is 26.7 Å². The Hall–Kier alpha value is -1.45. The quantitative estimate of drug-likeness (QED) is 0.694. The van der Waals surface area contributed by atoms with E-state index in [1.54, 1.807) is 6.20 Å². The van der Waals surface area contributed by atoms with Gasteiger partial charge in [0.15, 0.2) is 0 Å². The topological polar surface area (TPSA) is 46.1 Å². The molecule has 2 rings (SSSR count). The van der Waals surface area contributed by atoms with E-state index in [1.165, 1.54) is 0 Å². The number of rotatable bonds is 1. The molecule has 0 bridgehead atoms. The zero-order valence-electron chi connectivity index (χ0n) is 9.16. The minimum atomic E-state index is 0.0741. The first kappa shape index (κ1) is 10.1. The molecule has 4 nitrogen and oxygen atoms in total. The molecule has 0 unspecified atom stereocenters. The Balaban J connectivity index is 2.24. The van der Waals surface area contributed by atoms with Crippen LogP contribution in [0.4, 0.5) is 0 Å². The van der Waals surface area contributed by atoms with Crippen molar-refractivity contribution in [3.63, 3.8) is 0 Å². The molecular formula is C11H15N3O. The van der Waals surface area contributed by atoms with E-state index in [9.17, 15) is 4.79 Å². The van der Waals surface area contributed by atoms with E-state index in [0.717, 1.165) is 31.6 Å². The highest BCUT2D eigenvalue weighted by Crippen LogP contribution is 2.13. The second kappa shape index (κ2) is 3.96. The predicted octanol–water partition coefficient (Wildman–Crippen LogP) is 1.33. The number of aryl methyl sites for hydroxylation is 2. The Kier molecular flexibility index (Phi) is 2.66. The number of hydrogen-bond acceptors (Lipinski definition) is 3. The van der Waals surface area contributed by atoms with Crippen molar-refractivity contribution in [1.82, 2.24) is 14.9 Å². The third-order valence-corrected chi connectivity index (χ3v) is 2.72. The van der Waals surface area contributed by atoms with Crippen molar-refractivity contribution in [2.24, 2.45) is 0 Å². The number of carbonyl (C=O) groups is 1. The maximum atomic E-state index is 12.0. The fourth-order valence-electron chi connectivity index (χ4n) is 1.88. The SMILES string of the molecule is Cc1ncc(C(=O)N2CCCC2)c(C)n1. The van der Waals surface area contributed by atoms with Crippen LogP contribution >= 0.6 is 0 Å². The van der Waals surface area contributed by atoms with Gasteiger partial charge in [0, 0.05) is 19.3 Å². The van der Waals surface area contributed by atoms with Crippen LogP contribution < -0.4 is 0 Å². The molecule has 0 aliphatic carbocycles. The number of carbonyl (C=O) groups excluding carboxylic acids is 1. The molecule has 1 amide bonds. The van der Waals surface area contributed by atoms with Crippen molar-refractivity contribution in [2.45, 2.75) is 26.7 Å². The maximum Gasteiger partial charge on any atom is 0.257 e. The van der Waals surface area contributed by atoms with Gasteiger partial charge >= 0.3 is 0 Å². The van der Waals surface area contributed by atoms with E-state index >= 15 is 0 Å². The summed E-state index contributed by atoms with van der Waals surface area (Å²) in [6, 6.07) is 0. The number of nitrogens with zero attached hydrogens (tertiary/aromatic N) is 3. The van der Waals surface area contributed by atoms with Gasteiger partial charge in [0.05, 0.1) is 11.3 Å². The minimum absolute atomic E-state index is 0.0741. The van der Waals surface area contributed by atoms with Gasteiger partial charge in [-0.25, -0.2) is 9.97 Å². The van der Waals surface area contributed by atoms with Crippen molar-refractivity contribution in [3.8, 4) is 0 Å². The summed E-state index contributed by atoms with van der Waals surface area (Å²) in [4.78, 5) is 22.2. The number of aromatic nitrogens is 2. The van der Waals surface area contributed by atoms with E-state index < -0.39 is 0 Å². The van der Waals surface area contributed by atoms with Crippen molar-refractivity contribution >= 4 is 5.91 Å². The molecule has 0 atom stereocenters. The molecule has 2 heterocycles. The largest absolute Gasteiger partial charge is 0.339 e. The van der Waals surface area contributed by atoms with Crippen molar-refractivity contribution in [1.29, 1.82) is 0 Å². The van der Waals surface area contributed by atoms with Crippen LogP contribution in [-0.2, 0) is 0 Å². The highest BCUT2D eigenvalue weighted by molar-refractivity contribution is 5.95. The van der Waals surface area contributed by atoms with Gasteiger partial charge in [-0.3, -0.25) is 4.79 Å². The third kappa shape index (κ3) is 1.98. The standard InChI is InChI=1S/C11H15N3O/c1-8-10(7-12-9(2)13-8)11(15)14-5-3-4-6-14/h7H,3-6H2,1-2H3. The van der Waals surface area contributed by atoms with Crippen LogP contribution in [0.5, 0.6) is 0 Å². The van der Waals surface area contributed by atoms with Crippen LogP contribution in [0.25, 0.3) is 0 Å². The molecule has 0 N–H and O–H groups in total. The normalized spacial score (nSPS) is 15.7. The van der Waals surface area contributed by atoms with Gasteiger partial charge in [-0.2, -0.15) is 0 Å². The lowest BCUT2D eigenvalue weighted by Gasteiger charge is -2.15. The molecule has 0 aromatic carbocycles. The smallest absolute Gasteiger partial charge is 0.257 e. The summed E-state index contributed by atoms with van der Waals surface area (Å²) in [6.45, 7) is 5.42. The molecule has 1 aromatic rings. The molecule has 1 aliphatic heterocycles. The molecule has 1 saturated heterocycles. The number of amides is 1. The van der Waals surface area contributed by atoms with E-state index in [4.69, 9.17) is 0 Å². The number of likely N-dealkylation sites (tertiary alicyclic amines) is 1. The summed E-state index contributed by atoms with van der Waals surface area (Å²) in [5.41, 5.74) is 1.42. The van der Waals surface area contributed by atoms with Crippen LogP contribution in [0.3, 0.4) is 0 Å². The molecule has 80 valence electrons. The van der Waals surface area contributed by atoms with Crippen LogP contribution in [-0.4, -0.2) is 33.9 Å². The second-order valence-electron chi connectivity index (χ2n) is 3.92. The fourth-order valence-corrected chi connectivity index (χ4v) is 1.88. The summed E-state index contributed by atoms with van der Waals surface area (Å²) >= 11 is 0. The van der Waals surface area contributed by atoms with Gasteiger partial charge in [0.1, 0.15) is 5.82 Å². The summed E-state index contributed by atoms with van der Waals surface area (Å²) in [6.07, 6.45) is 3.85. The molecule has 0 spiro atoms. The van der Waals surface area contributed by atoms with Crippen LogP contribution in [0.15, 0.2) is 6.20 Å².